The van der Waals surface area contributed by atoms with Gasteiger partial charge >= 0.3 is 38.7 Å². The van der Waals surface area contributed by atoms with Gasteiger partial charge in [0, 0.05) is 21.3 Å². The zero-order valence-electron chi connectivity index (χ0n) is 13.0. The number of rotatable bonds is 8. The van der Waals surface area contributed by atoms with E-state index < -0.39 is 43.8 Å². The van der Waals surface area contributed by atoms with Gasteiger partial charge in [0.05, 0.1) is 0 Å². The summed E-state index contributed by atoms with van der Waals surface area (Å²) < 4.78 is 131. The molecule has 0 aliphatic carbocycles. The molecule has 0 aromatic carbocycles. The molecule has 0 aliphatic rings. The van der Waals surface area contributed by atoms with Gasteiger partial charge in [-0.1, -0.05) is 0 Å². The van der Waals surface area contributed by atoms with Gasteiger partial charge < -0.3 is 18.4 Å². The molecule has 15 heteroatoms. The van der Waals surface area contributed by atoms with Crippen LogP contribution in [0, 0.1) is 0 Å². The molecular formula is C10H13F9O5Si. The van der Waals surface area contributed by atoms with Crippen molar-refractivity contribution < 1.29 is 62.7 Å². The van der Waals surface area contributed by atoms with Crippen LogP contribution < -0.4 is 0 Å². The van der Waals surface area contributed by atoms with Crippen LogP contribution in [0.1, 0.15) is 6.92 Å². The summed E-state index contributed by atoms with van der Waals surface area (Å²) in [5.41, 5.74) is 0. The van der Waals surface area contributed by atoms with Gasteiger partial charge in [-0.25, -0.2) is 0 Å². The number of carboxylic acids is 1. The summed E-state index contributed by atoms with van der Waals surface area (Å²) in [6, 6.07) is 0. The fourth-order valence-electron chi connectivity index (χ4n) is 2.01. The standard InChI is InChI=1S/C10H13F9O5Si/c1-6(5(20)21,25(22-2,23-3)24-4)7(11,12)8(13,14)9(15,16)10(17,18)19/h1-4H3,(H,20,21). The second kappa shape index (κ2) is 6.59. The molecule has 1 atom stereocenters. The largest absolute Gasteiger partial charge is 0.524 e. The highest BCUT2D eigenvalue weighted by molar-refractivity contribution is 6.68. The third kappa shape index (κ3) is 2.89. The van der Waals surface area contributed by atoms with E-state index in [0.717, 1.165) is 0 Å². The number of carboxylic acid groups (broad SMARTS) is 1. The Kier molecular flexibility index (Phi) is 6.31. The summed E-state index contributed by atoms with van der Waals surface area (Å²) >= 11 is 0. The minimum absolute atomic E-state index is 0.224. The topological polar surface area (TPSA) is 65.0 Å². The number of aliphatic carboxylic acids is 1. The average Bonchev–Trinajstić information content (AvgIpc) is 2.47. The summed E-state index contributed by atoms with van der Waals surface area (Å²) in [4.78, 5) is 11.3. The zero-order valence-corrected chi connectivity index (χ0v) is 14.0. The fraction of sp³-hybridized carbons (Fsp3) is 0.900. The van der Waals surface area contributed by atoms with Crippen molar-refractivity contribution >= 4 is 14.8 Å². The van der Waals surface area contributed by atoms with Crippen LogP contribution in [0.4, 0.5) is 39.5 Å². The highest BCUT2D eigenvalue weighted by Gasteiger charge is 2.90. The van der Waals surface area contributed by atoms with E-state index in [1.165, 1.54) is 0 Å². The maximum Gasteiger partial charge on any atom is 0.524 e. The van der Waals surface area contributed by atoms with Crippen molar-refractivity contribution in [2.45, 2.75) is 35.9 Å². The lowest BCUT2D eigenvalue weighted by atomic mass is 9.92. The highest BCUT2D eigenvalue weighted by atomic mass is 28.4. The van der Waals surface area contributed by atoms with E-state index in [2.05, 4.69) is 13.3 Å². The lowest BCUT2D eigenvalue weighted by molar-refractivity contribution is -0.401. The Morgan fingerprint density at radius 2 is 1.08 bits per heavy atom. The van der Waals surface area contributed by atoms with E-state index in [9.17, 15) is 44.3 Å². The average molecular weight is 412 g/mol. The van der Waals surface area contributed by atoms with Crippen LogP contribution in [0.25, 0.3) is 0 Å². The van der Waals surface area contributed by atoms with Gasteiger partial charge in [0.25, 0.3) is 0 Å². The molecule has 1 unspecified atom stereocenters. The van der Waals surface area contributed by atoms with Crippen LogP contribution in [-0.4, -0.2) is 65.2 Å². The second-order valence-electron chi connectivity index (χ2n) is 4.82. The van der Waals surface area contributed by atoms with Gasteiger partial charge in [-0.2, -0.15) is 39.5 Å². The lowest BCUT2D eigenvalue weighted by Gasteiger charge is -2.45. The molecule has 25 heavy (non-hydrogen) atoms. The molecular weight excluding hydrogens is 399 g/mol. The Labute approximate surface area is 136 Å². The number of hydrogen-bond donors (Lipinski definition) is 1. The first-order valence-electron chi connectivity index (χ1n) is 5.97. The molecule has 0 radical (unpaired) electrons. The number of alkyl halides is 9. The first-order chi connectivity index (χ1) is 10.9. The third-order valence-corrected chi connectivity index (χ3v) is 6.98. The lowest BCUT2D eigenvalue weighted by Crippen LogP contribution is -2.72. The van der Waals surface area contributed by atoms with E-state index in [1.807, 2.05) is 0 Å². The summed E-state index contributed by atoms with van der Waals surface area (Å²) in [6.07, 6.45) is -7.10. The van der Waals surface area contributed by atoms with Crippen molar-refractivity contribution in [3.63, 3.8) is 0 Å². The molecule has 1 N–H and O–H groups in total. The Hall–Kier alpha value is -1.06. The first-order valence-corrected chi connectivity index (χ1v) is 7.69. The molecule has 0 fully saturated rings. The molecule has 0 aromatic heterocycles. The van der Waals surface area contributed by atoms with E-state index >= 15 is 0 Å². The van der Waals surface area contributed by atoms with Crippen LogP contribution in [-0.2, 0) is 18.1 Å². The molecule has 150 valence electrons. The monoisotopic (exact) mass is 412 g/mol. The van der Waals surface area contributed by atoms with E-state index in [-0.39, 0.29) is 6.92 Å². The van der Waals surface area contributed by atoms with Gasteiger partial charge in [-0.15, -0.1) is 0 Å². The molecule has 0 aromatic rings. The molecule has 0 bridgehead atoms. The molecule has 0 heterocycles. The fourth-order valence-corrected chi connectivity index (χ4v) is 4.54. The molecule has 0 saturated heterocycles. The number of carbonyl (C=O) groups is 1. The maximum atomic E-state index is 14.3. The summed E-state index contributed by atoms with van der Waals surface area (Å²) in [5.74, 6) is -23.9. The Balaban J connectivity index is 6.82. The second-order valence-corrected chi connectivity index (χ2v) is 8.16. The Morgan fingerprint density at radius 1 is 0.760 bits per heavy atom. The van der Waals surface area contributed by atoms with Gasteiger partial charge in [-0.3, -0.25) is 4.79 Å². The van der Waals surface area contributed by atoms with Crippen molar-refractivity contribution in [2.75, 3.05) is 21.3 Å². The quantitative estimate of drug-likeness (QED) is 0.490. The zero-order chi connectivity index (χ0) is 20.7. The van der Waals surface area contributed by atoms with Crippen LogP contribution in [0.5, 0.6) is 0 Å². The number of hydrogen-bond acceptors (Lipinski definition) is 4. The van der Waals surface area contributed by atoms with Gasteiger partial charge in [0.15, 0.2) is 0 Å². The van der Waals surface area contributed by atoms with Crippen LogP contribution in [0.2, 0.25) is 5.04 Å². The third-order valence-electron chi connectivity index (χ3n) is 3.62. The van der Waals surface area contributed by atoms with Crippen LogP contribution in [0.15, 0.2) is 0 Å². The van der Waals surface area contributed by atoms with Crippen molar-refractivity contribution in [3.8, 4) is 0 Å². The SMILES string of the molecule is CO[Si](OC)(OC)C(C)(C(=O)O)C(F)(F)C(F)(F)C(F)(F)C(F)(F)F. The van der Waals surface area contributed by atoms with Gasteiger partial charge in [-0.05, 0) is 6.92 Å². The minimum Gasteiger partial charge on any atom is -0.481 e. The predicted octanol–water partition coefficient (Wildman–Crippen LogP) is 3.18. The van der Waals surface area contributed by atoms with Crippen molar-refractivity contribution in [1.29, 1.82) is 0 Å². The van der Waals surface area contributed by atoms with Crippen LogP contribution in [0.3, 0.4) is 0 Å². The van der Waals surface area contributed by atoms with Crippen molar-refractivity contribution in [1.82, 2.24) is 0 Å². The first kappa shape index (κ1) is 23.9. The predicted molar refractivity (Wildman–Crippen MR) is 63.7 cm³/mol. The molecule has 0 saturated carbocycles. The molecule has 5 nitrogen and oxygen atoms in total. The molecule has 0 spiro atoms. The van der Waals surface area contributed by atoms with E-state index in [0.29, 0.717) is 21.3 Å². The Bertz CT molecular complexity index is 497. The van der Waals surface area contributed by atoms with E-state index in [4.69, 9.17) is 5.11 Å². The molecule has 0 aliphatic heterocycles. The summed E-state index contributed by atoms with van der Waals surface area (Å²) in [6.45, 7) is -0.224. The maximum absolute atomic E-state index is 14.3. The normalized spacial score (nSPS) is 17.3. The summed E-state index contributed by atoms with van der Waals surface area (Å²) in [7, 11) is -4.00. The van der Waals surface area contributed by atoms with Gasteiger partial charge in [0.2, 0.25) is 5.04 Å². The summed E-state index contributed by atoms with van der Waals surface area (Å²) in [5, 5.41) is 4.58. The Morgan fingerprint density at radius 3 is 1.28 bits per heavy atom. The van der Waals surface area contributed by atoms with Crippen molar-refractivity contribution in [3.05, 3.63) is 0 Å². The molecule has 0 amide bonds. The highest BCUT2D eigenvalue weighted by Crippen LogP contribution is 2.63. The van der Waals surface area contributed by atoms with E-state index in [1.54, 1.807) is 0 Å². The molecule has 0 rings (SSSR count). The van der Waals surface area contributed by atoms with Gasteiger partial charge in [0.1, 0.15) is 0 Å². The van der Waals surface area contributed by atoms with Crippen molar-refractivity contribution in [2.24, 2.45) is 0 Å². The van der Waals surface area contributed by atoms with Crippen LogP contribution >= 0.6 is 0 Å². The number of halogens is 9. The smallest absolute Gasteiger partial charge is 0.481 e. The minimum atomic E-state index is -7.27.